The van der Waals surface area contributed by atoms with E-state index in [1.54, 1.807) is 0 Å². The van der Waals surface area contributed by atoms with Gasteiger partial charge in [-0.1, -0.05) is 6.92 Å². The lowest BCUT2D eigenvalue weighted by molar-refractivity contribution is 0.122. The van der Waals surface area contributed by atoms with Crippen LogP contribution in [-0.2, 0) is 4.74 Å². The first-order chi connectivity index (χ1) is 10.2. The number of alkyl halides is 2. The predicted octanol–water partition coefficient (Wildman–Crippen LogP) is 1.21. The maximum Gasteiger partial charge on any atom is 0.255 e. The Morgan fingerprint density at radius 3 is 2.43 bits per heavy atom. The van der Waals surface area contributed by atoms with Crippen LogP contribution in [0.4, 0.5) is 26.6 Å². The van der Waals surface area contributed by atoms with Gasteiger partial charge in [0, 0.05) is 19.6 Å². The fourth-order valence-electron chi connectivity index (χ4n) is 1.83. The number of hydrogen-bond acceptors (Lipinski definition) is 7. The largest absolute Gasteiger partial charge is 0.378 e. The molecule has 0 unspecified atom stereocenters. The minimum absolute atomic E-state index is 0.158. The molecule has 2 N–H and O–H groups in total. The van der Waals surface area contributed by atoms with Crippen LogP contribution < -0.4 is 15.5 Å². The summed E-state index contributed by atoms with van der Waals surface area (Å²) in [5, 5.41) is 5.58. The van der Waals surface area contributed by atoms with Gasteiger partial charge in [0.25, 0.3) is 6.43 Å². The van der Waals surface area contributed by atoms with E-state index in [1.807, 2.05) is 11.8 Å². The van der Waals surface area contributed by atoms with Gasteiger partial charge >= 0.3 is 0 Å². The van der Waals surface area contributed by atoms with Crippen LogP contribution in [0.3, 0.4) is 0 Å². The molecule has 1 fully saturated rings. The molecule has 0 spiro atoms. The highest BCUT2D eigenvalue weighted by Gasteiger charge is 2.16. The first kappa shape index (κ1) is 15.6. The van der Waals surface area contributed by atoms with Gasteiger partial charge in [0.15, 0.2) is 0 Å². The molecule has 0 saturated carbocycles. The van der Waals surface area contributed by atoms with E-state index in [0.29, 0.717) is 44.7 Å². The lowest BCUT2D eigenvalue weighted by atomic mass is 10.4. The van der Waals surface area contributed by atoms with E-state index in [1.165, 1.54) is 0 Å². The van der Waals surface area contributed by atoms with Crippen LogP contribution >= 0.6 is 0 Å². The summed E-state index contributed by atoms with van der Waals surface area (Å²) in [4.78, 5) is 14.6. The second-order valence-electron chi connectivity index (χ2n) is 4.58. The van der Waals surface area contributed by atoms with Gasteiger partial charge in [0.2, 0.25) is 17.8 Å². The summed E-state index contributed by atoms with van der Waals surface area (Å²) < 4.78 is 29.9. The van der Waals surface area contributed by atoms with Crippen LogP contribution in [0.15, 0.2) is 0 Å². The smallest absolute Gasteiger partial charge is 0.255 e. The topological polar surface area (TPSA) is 75.2 Å². The van der Waals surface area contributed by atoms with E-state index >= 15 is 0 Å². The zero-order chi connectivity index (χ0) is 15.1. The predicted molar refractivity (Wildman–Crippen MR) is 76.1 cm³/mol. The summed E-state index contributed by atoms with van der Waals surface area (Å²) in [6.45, 7) is 4.79. The molecule has 21 heavy (non-hydrogen) atoms. The lowest BCUT2D eigenvalue weighted by Gasteiger charge is -2.27. The summed E-state index contributed by atoms with van der Waals surface area (Å²) >= 11 is 0. The standard InChI is InChI=1S/C12H20F2N6O/c1-2-3-15-10-17-11(16-8-9(13)14)19-12(18-10)20-4-6-21-7-5-20/h9H,2-8H2,1H3,(H2,15,16,17,18,19). The minimum Gasteiger partial charge on any atom is -0.378 e. The molecule has 1 aromatic heterocycles. The molecule has 1 saturated heterocycles. The van der Waals surface area contributed by atoms with Gasteiger partial charge in [-0.3, -0.25) is 0 Å². The van der Waals surface area contributed by atoms with Crippen molar-refractivity contribution in [2.75, 3.05) is 54.9 Å². The molecule has 2 rings (SSSR count). The second kappa shape index (κ2) is 7.87. The summed E-state index contributed by atoms with van der Waals surface area (Å²) in [6.07, 6.45) is -1.54. The normalized spacial score (nSPS) is 15.3. The van der Waals surface area contributed by atoms with Crippen molar-refractivity contribution in [2.45, 2.75) is 19.8 Å². The maximum absolute atomic E-state index is 12.3. The highest BCUT2D eigenvalue weighted by Crippen LogP contribution is 2.15. The van der Waals surface area contributed by atoms with Gasteiger partial charge in [-0.15, -0.1) is 0 Å². The molecule has 0 atom stereocenters. The van der Waals surface area contributed by atoms with Crippen LogP contribution in [0, 0.1) is 0 Å². The molecule has 1 aliphatic rings. The van der Waals surface area contributed by atoms with Crippen molar-refractivity contribution in [3.8, 4) is 0 Å². The average Bonchev–Trinajstić information content (AvgIpc) is 2.51. The Morgan fingerprint density at radius 1 is 1.14 bits per heavy atom. The SMILES string of the molecule is CCCNc1nc(NCC(F)F)nc(N2CCOCC2)n1. The molecule has 1 aliphatic heterocycles. The van der Waals surface area contributed by atoms with E-state index in [2.05, 4.69) is 25.6 Å². The Kier molecular flexibility index (Phi) is 5.85. The number of anilines is 3. The molecule has 0 radical (unpaired) electrons. The third-order valence-corrected chi connectivity index (χ3v) is 2.87. The number of ether oxygens (including phenoxy) is 1. The van der Waals surface area contributed by atoms with Crippen molar-refractivity contribution in [1.29, 1.82) is 0 Å². The lowest BCUT2D eigenvalue weighted by Crippen LogP contribution is -2.37. The zero-order valence-electron chi connectivity index (χ0n) is 12.0. The Bertz CT molecular complexity index is 442. The third kappa shape index (κ3) is 4.92. The van der Waals surface area contributed by atoms with Crippen LogP contribution in [0.1, 0.15) is 13.3 Å². The van der Waals surface area contributed by atoms with Gasteiger partial charge < -0.3 is 20.3 Å². The highest BCUT2D eigenvalue weighted by atomic mass is 19.3. The van der Waals surface area contributed by atoms with Gasteiger partial charge in [-0.25, -0.2) is 8.78 Å². The van der Waals surface area contributed by atoms with Crippen molar-refractivity contribution in [3.63, 3.8) is 0 Å². The Hall–Kier alpha value is -1.77. The highest BCUT2D eigenvalue weighted by molar-refractivity contribution is 5.44. The quantitative estimate of drug-likeness (QED) is 0.784. The number of rotatable bonds is 7. The number of nitrogens with one attached hydrogen (secondary N) is 2. The van der Waals surface area contributed by atoms with Gasteiger partial charge in [0.05, 0.1) is 19.8 Å². The second-order valence-corrected chi connectivity index (χ2v) is 4.58. The molecule has 0 amide bonds. The fraction of sp³-hybridized carbons (Fsp3) is 0.750. The van der Waals surface area contributed by atoms with Crippen LogP contribution in [0.2, 0.25) is 0 Å². The van der Waals surface area contributed by atoms with Gasteiger partial charge in [-0.05, 0) is 6.42 Å². The van der Waals surface area contributed by atoms with E-state index in [4.69, 9.17) is 4.74 Å². The first-order valence-corrected chi connectivity index (χ1v) is 7.03. The fourth-order valence-corrected chi connectivity index (χ4v) is 1.83. The Labute approximate surface area is 122 Å². The molecular weight excluding hydrogens is 282 g/mol. The number of aromatic nitrogens is 3. The van der Waals surface area contributed by atoms with Crippen molar-refractivity contribution in [1.82, 2.24) is 15.0 Å². The van der Waals surface area contributed by atoms with Gasteiger partial charge in [0.1, 0.15) is 0 Å². The summed E-state index contributed by atoms with van der Waals surface area (Å²) in [6, 6.07) is 0. The maximum atomic E-state index is 12.3. The molecular formula is C12H20F2N6O. The Morgan fingerprint density at radius 2 is 1.81 bits per heavy atom. The third-order valence-electron chi connectivity index (χ3n) is 2.87. The van der Waals surface area contributed by atoms with Gasteiger partial charge in [-0.2, -0.15) is 15.0 Å². The van der Waals surface area contributed by atoms with Crippen LogP contribution in [0.5, 0.6) is 0 Å². The molecule has 0 bridgehead atoms. The Balaban J connectivity index is 2.14. The molecule has 2 heterocycles. The van der Waals surface area contributed by atoms with Crippen molar-refractivity contribution >= 4 is 17.8 Å². The van der Waals surface area contributed by atoms with E-state index in [0.717, 1.165) is 6.42 Å². The number of hydrogen-bond donors (Lipinski definition) is 2. The van der Waals surface area contributed by atoms with E-state index in [9.17, 15) is 8.78 Å². The molecule has 9 heteroatoms. The van der Waals surface area contributed by atoms with Crippen molar-refractivity contribution in [3.05, 3.63) is 0 Å². The molecule has 118 valence electrons. The number of halogens is 2. The minimum atomic E-state index is -2.46. The molecule has 0 aliphatic carbocycles. The van der Waals surface area contributed by atoms with E-state index < -0.39 is 13.0 Å². The number of morpholine rings is 1. The van der Waals surface area contributed by atoms with E-state index in [-0.39, 0.29) is 5.95 Å². The number of nitrogens with zero attached hydrogens (tertiary/aromatic N) is 4. The molecule has 1 aromatic rings. The van der Waals surface area contributed by atoms with Crippen LogP contribution in [-0.4, -0.2) is 60.8 Å². The summed E-state index contributed by atoms with van der Waals surface area (Å²) in [7, 11) is 0. The molecule has 0 aromatic carbocycles. The summed E-state index contributed by atoms with van der Waals surface area (Å²) in [5.74, 6) is 1.03. The monoisotopic (exact) mass is 302 g/mol. The van der Waals surface area contributed by atoms with Crippen LogP contribution in [0.25, 0.3) is 0 Å². The zero-order valence-corrected chi connectivity index (χ0v) is 12.0. The van der Waals surface area contributed by atoms with Crippen molar-refractivity contribution in [2.24, 2.45) is 0 Å². The first-order valence-electron chi connectivity index (χ1n) is 7.03. The molecule has 7 nitrogen and oxygen atoms in total. The average molecular weight is 302 g/mol. The summed E-state index contributed by atoms with van der Waals surface area (Å²) in [5.41, 5.74) is 0. The van der Waals surface area contributed by atoms with Crippen molar-refractivity contribution < 1.29 is 13.5 Å².